The summed E-state index contributed by atoms with van der Waals surface area (Å²) in [5, 5.41) is 1.52. The molecule has 0 nitrogen and oxygen atoms in total. The molecule has 0 N–H and O–H groups in total. The van der Waals surface area contributed by atoms with E-state index in [-0.39, 0.29) is 7.92 Å². The van der Waals surface area contributed by atoms with Gasteiger partial charge in [0, 0.05) is 0 Å². The number of hydrogen-bond donors (Lipinski definition) is 0. The van der Waals surface area contributed by atoms with Crippen LogP contribution in [0.2, 0.25) is 0 Å². The number of rotatable bonds is 3. The van der Waals surface area contributed by atoms with Crippen LogP contribution in [0.5, 0.6) is 0 Å². The summed E-state index contributed by atoms with van der Waals surface area (Å²) in [4.78, 5) is 0. The Balaban J connectivity index is 2.86. The van der Waals surface area contributed by atoms with Gasteiger partial charge >= 0.3 is 89.1 Å². The predicted molar refractivity (Wildman–Crippen MR) is 74.1 cm³/mol. The van der Waals surface area contributed by atoms with Gasteiger partial charge in [0.25, 0.3) is 0 Å². The standard InChI is InChI=1S/C12H20P2/c1-13(2)10-11-14(3,4)12-8-6-5-7-9-12/h5-11,14H,1-4H3/b11-10-. The van der Waals surface area contributed by atoms with Crippen LogP contribution in [0.15, 0.2) is 42.0 Å². The molecule has 1 aromatic rings. The topological polar surface area (TPSA) is 0 Å². The van der Waals surface area contributed by atoms with Crippen molar-refractivity contribution in [3.05, 3.63) is 42.0 Å². The summed E-state index contributed by atoms with van der Waals surface area (Å²) in [6.07, 6.45) is 0. The van der Waals surface area contributed by atoms with Gasteiger partial charge in [0.2, 0.25) is 0 Å². The van der Waals surface area contributed by atoms with Crippen LogP contribution in [-0.4, -0.2) is 26.7 Å². The van der Waals surface area contributed by atoms with Gasteiger partial charge in [0.15, 0.2) is 0 Å². The van der Waals surface area contributed by atoms with Crippen LogP contribution in [0, 0.1) is 0 Å². The fourth-order valence-corrected chi connectivity index (χ4v) is 5.23. The van der Waals surface area contributed by atoms with Gasteiger partial charge < -0.3 is 0 Å². The first-order valence-electron chi connectivity index (χ1n) is 4.94. The molecular weight excluding hydrogens is 206 g/mol. The van der Waals surface area contributed by atoms with Crippen molar-refractivity contribution < 1.29 is 0 Å². The summed E-state index contributed by atoms with van der Waals surface area (Å²) in [5.41, 5.74) is 0. The van der Waals surface area contributed by atoms with E-state index in [9.17, 15) is 0 Å². The van der Waals surface area contributed by atoms with E-state index in [0.717, 1.165) is 0 Å². The van der Waals surface area contributed by atoms with Gasteiger partial charge in [-0.25, -0.2) is 0 Å². The zero-order valence-corrected chi connectivity index (χ0v) is 11.4. The Hall–Kier alpha value is -0.180. The second kappa shape index (κ2) is 5.06. The van der Waals surface area contributed by atoms with Crippen LogP contribution in [0.1, 0.15) is 0 Å². The molecule has 0 aliphatic heterocycles. The summed E-state index contributed by atoms with van der Waals surface area (Å²) in [6, 6.07) is 10.9. The van der Waals surface area contributed by atoms with E-state index in [0.29, 0.717) is 0 Å². The molecule has 0 fully saturated rings. The fraction of sp³-hybridized carbons (Fsp3) is 0.333. The second-order valence-electron chi connectivity index (χ2n) is 4.37. The van der Waals surface area contributed by atoms with Crippen molar-refractivity contribution >= 4 is 20.5 Å². The molecule has 0 aliphatic rings. The van der Waals surface area contributed by atoms with E-state index in [1.54, 1.807) is 0 Å². The monoisotopic (exact) mass is 226 g/mol. The quantitative estimate of drug-likeness (QED) is 0.691. The van der Waals surface area contributed by atoms with Crippen LogP contribution in [0.25, 0.3) is 0 Å². The molecule has 0 aliphatic carbocycles. The molecule has 0 radical (unpaired) electrons. The predicted octanol–water partition coefficient (Wildman–Crippen LogP) is 3.53. The summed E-state index contributed by atoms with van der Waals surface area (Å²) in [6.45, 7) is 9.39. The molecule has 0 atom stereocenters. The Morgan fingerprint density at radius 3 is 2.14 bits per heavy atom. The molecule has 1 rings (SSSR count). The minimum atomic E-state index is -1.31. The average molecular weight is 226 g/mol. The maximum atomic E-state index is 2.47. The molecule has 14 heavy (non-hydrogen) atoms. The second-order valence-corrected chi connectivity index (χ2v) is 10.9. The zero-order valence-electron chi connectivity index (χ0n) is 9.49. The molecule has 0 aromatic heterocycles. The third-order valence-electron chi connectivity index (χ3n) is 2.31. The minimum absolute atomic E-state index is 0.0990. The Bertz CT molecular complexity index is 299. The van der Waals surface area contributed by atoms with Gasteiger partial charge in [-0.05, 0) is 0 Å². The van der Waals surface area contributed by atoms with E-state index >= 15 is 0 Å². The third-order valence-corrected chi connectivity index (χ3v) is 6.15. The first-order chi connectivity index (χ1) is 6.52. The van der Waals surface area contributed by atoms with Crippen molar-refractivity contribution in [1.29, 1.82) is 0 Å². The SMILES string of the molecule is CP(C)/C=C\[PH](C)(C)c1ccccc1. The summed E-state index contributed by atoms with van der Waals surface area (Å²) < 4.78 is 0. The van der Waals surface area contributed by atoms with Crippen LogP contribution < -0.4 is 5.30 Å². The van der Waals surface area contributed by atoms with Crippen molar-refractivity contribution in [2.24, 2.45) is 0 Å². The Labute approximate surface area is 89.5 Å². The van der Waals surface area contributed by atoms with E-state index in [2.05, 4.69) is 68.6 Å². The first kappa shape index (κ1) is 11.9. The fourth-order valence-electron chi connectivity index (χ4n) is 1.30. The summed E-state index contributed by atoms with van der Waals surface area (Å²) in [7, 11) is -1.21. The molecule has 0 saturated heterocycles. The zero-order chi connectivity index (χ0) is 10.6. The molecular formula is C12H20P2. The third kappa shape index (κ3) is 3.52. The van der Waals surface area contributed by atoms with Gasteiger partial charge in [-0.2, -0.15) is 0 Å². The van der Waals surface area contributed by atoms with Crippen molar-refractivity contribution in [3.8, 4) is 0 Å². The van der Waals surface area contributed by atoms with Gasteiger partial charge in [-0.1, -0.05) is 0 Å². The molecule has 0 saturated carbocycles. The van der Waals surface area contributed by atoms with E-state index in [4.69, 9.17) is 0 Å². The van der Waals surface area contributed by atoms with Gasteiger partial charge in [-0.3, -0.25) is 0 Å². The maximum absolute atomic E-state index is 2.47. The van der Waals surface area contributed by atoms with Crippen LogP contribution in [-0.2, 0) is 0 Å². The van der Waals surface area contributed by atoms with E-state index < -0.39 is 7.26 Å². The molecule has 0 spiro atoms. The molecule has 0 bridgehead atoms. The van der Waals surface area contributed by atoms with Crippen molar-refractivity contribution in [1.82, 2.24) is 0 Å². The Morgan fingerprint density at radius 1 is 1.07 bits per heavy atom. The molecule has 78 valence electrons. The molecule has 0 amide bonds. The molecule has 0 heterocycles. The van der Waals surface area contributed by atoms with Crippen molar-refractivity contribution in [2.45, 2.75) is 0 Å². The summed E-state index contributed by atoms with van der Waals surface area (Å²) >= 11 is 0. The van der Waals surface area contributed by atoms with Gasteiger partial charge in [0.1, 0.15) is 0 Å². The molecule has 2 heteroatoms. The number of benzene rings is 1. The van der Waals surface area contributed by atoms with Gasteiger partial charge in [-0.15, -0.1) is 0 Å². The van der Waals surface area contributed by atoms with Crippen molar-refractivity contribution in [3.63, 3.8) is 0 Å². The Morgan fingerprint density at radius 2 is 1.64 bits per heavy atom. The molecule has 1 aromatic carbocycles. The van der Waals surface area contributed by atoms with E-state index in [1.165, 1.54) is 5.30 Å². The van der Waals surface area contributed by atoms with Crippen molar-refractivity contribution in [2.75, 3.05) is 26.7 Å². The number of hydrogen-bond acceptors (Lipinski definition) is 0. The van der Waals surface area contributed by atoms with Gasteiger partial charge in [0.05, 0.1) is 0 Å². The average Bonchev–Trinajstić information content (AvgIpc) is 2.16. The van der Waals surface area contributed by atoms with Crippen LogP contribution in [0.4, 0.5) is 0 Å². The Kier molecular flexibility index (Phi) is 4.30. The normalized spacial score (nSPS) is 13.8. The molecule has 0 unspecified atom stereocenters. The summed E-state index contributed by atoms with van der Waals surface area (Å²) in [5.74, 6) is 4.86. The van der Waals surface area contributed by atoms with Crippen LogP contribution >= 0.6 is 15.2 Å². The first-order valence-corrected chi connectivity index (χ1v) is 10.3. The van der Waals surface area contributed by atoms with E-state index in [1.807, 2.05) is 0 Å². The van der Waals surface area contributed by atoms with Crippen LogP contribution in [0.3, 0.4) is 0 Å².